The van der Waals surface area contributed by atoms with E-state index in [0.717, 1.165) is 0 Å². The number of rotatable bonds is 8. The minimum Gasteiger partial charge on any atom is -0.628 e. The molecule has 0 aromatic heterocycles. The SMILES string of the molecule is O=C(O)C(Cc1ccc([N+](=O)[O-])cc1)(Cc1ccc([NH+]([O-])[O-])cc1)C(=O)O. The number of carbonyl (C=O) groups is 2. The van der Waals surface area contributed by atoms with Gasteiger partial charge in [-0.05, 0) is 36.1 Å². The summed E-state index contributed by atoms with van der Waals surface area (Å²) in [5.74, 6) is -3.14. The first-order valence-electron chi connectivity index (χ1n) is 7.66. The van der Waals surface area contributed by atoms with Gasteiger partial charge in [-0.15, -0.1) is 0 Å². The Morgan fingerprint density at radius 1 is 0.889 bits per heavy atom. The average Bonchev–Trinajstić information content (AvgIpc) is 2.61. The van der Waals surface area contributed by atoms with E-state index < -0.39 is 40.3 Å². The van der Waals surface area contributed by atoms with Gasteiger partial charge in [-0.1, -0.05) is 24.3 Å². The molecule has 0 fully saturated rings. The molecule has 3 N–H and O–H groups in total. The quantitative estimate of drug-likeness (QED) is 0.349. The topological polar surface area (TPSA) is 168 Å². The number of aliphatic carboxylic acids is 2. The normalized spacial score (nSPS) is 11.4. The number of carboxylic acid groups (broad SMARTS) is 2. The monoisotopic (exact) mass is 375 g/mol. The highest BCUT2D eigenvalue weighted by molar-refractivity contribution is 5.99. The number of nitrogens with one attached hydrogen (secondary N) is 1. The molecule has 10 nitrogen and oxygen atoms in total. The molecule has 142 valence electrons. The second-order valence-corrected chi connectivity index (χ2v) is 5.95. The summed E-state index contributed by atoms with van der Waals surface area (Å²) in [4.78, 5) is 33.7. The van der Waals surface area contributed by atoms with E-state index in [4.69, 9.17) is 0 Å². The third-order valence-corrected chi connectivity index (χ3v) is 4.17. The van der Waals surface area contributed by atoms with Gasteiger partial charge in [-0.2, -0.15) is 0 Å². The minimum absolute atomic E-state index is 0.120. The molecule has 0 spiro atoms. The largest absolute Gasteiger partial charge is 0.628 e. The third-order valence-electron chi connectivity index (χ3n) is 4.17. The van der Waals surface area contributed by atoms with Crippen molar-refractivity contribution in [3.63, 3.8) is 0 Å². The number of nitro benzene ring substituents is 1. The first-order valence-corrected chi connectivity index (χ1v) is 7.66. The molecule has 0 saturated heterocycles. The molecule has 2 rings (SSSR count). The fraction of sp³-hybridized carbons (Fsp3) is 0.176. The Kier molecular flexibility index (Phi) is 5.85. The van der Waals surface area contributed by atoms with Crippen molar-refractivity contribution in [2.45, 2.75) is 12.8 Å². The van der Waals surface area contributed by atoms with Crippen molar-refractivity contribution < 1.29 is 30.0 Å². The molecule has 0 saturated carbocycles. The molecule has 0 bridgehead atoms. The van der Waals surface area contributed by atoms with Gasteiger partial charge < -0.3 is 25.9 Å². The highest BCUT2D eigenvalue weighted by Gasteiger charge is 2.46. The van der Waals surface area contributed by atoms with Gasteiger partial charge in [0.15, 0.2) is 5.41 Å². The van der Waals surface area contributed by atoms with Crippen molar-refractivity contribution in [3.05, 3.63) is 80.2 Å². The number of hydrogen-bond donors (Lipinski definition) is 3. The predicted molar refractivity (Wildman–Crippen MR) is 92.0 cm³/mol. The van der Waals surface area contributed by atoms with Gasteiger partial charge in [-0.25, -0.2) is 0 Å². The van der Waals surface area contributed by atoms with Gasteiger partial charge in [0, 0.05) is 12.1 Å². The third kappa shape index (κ3) is 4.44. The molecule has 0 radical (unpaired) electrons. The summed E-state index contributed by atoms with van der Waals surface area (Å²) in [6.45, 7) is 0. The van der Waals surface area contributed by atoms with Crippen LogP contribution in [0, 0.1) is 25.9 Å². The Bertz CT molecular complexity index is 832. The van der Waals surface area contributed by atoms with Gasteiger partial charge in [0.05, 0.1) is 4.92 Å². The summed E-state index contributed by atoms with van der Waals surface area (Å²) in [6.07, 6.45) is -0.806. The van der Waals surface area contributed by atoms with Crippen molar-refractivity contribution in [2.24, 2.45) is 5.41 Å². The maximum absolute atomic E-state index is 11.8. The van der Waals surface area contributed by atoms with Crippen LogP contribution in [0.5, 0.6) is 0 Å². The van der Waals surface area contributed by atoms with Crippen LogP contribution in [0.1, 0.15) is 11.1 Å². The van der Waals surface area contributed by atoms with Crippen LogP contribution in [0.4, 0.5) is 11.4 Å². The number of nitro groups is 1. The Labute approximate surface area is 152 Å². The summed E-state index contributed by atoms with van der Waals surface area (Å²) in [7, 11) is 0. The molecule has 0 aliphatic heterocycles. The van der Waals surface area contributed by atoms with Crippen LogP contribution < -0.4 is 5.23 Å². The van der Waals surface area contributed by atoms with Crippen molar-refractivity contribution >= 4 is 23.3 Å². The van der Waals surface area contributed by atoms with Gasteiger partial charge in [0.1, 0.15) is 5.69 Å². The van der Waals surface area contributed by atoms with Crippen LogP contribution in [0.3, 0.4) is 0 Å². The van der Waals surface area contributed by atoms with Crippen molar-refractivity contribution in [1.29, 1.82) is 0 Å². The van der Waals surface area contributed by atoms with E-state index >= 15 is 0 Å². The fourth-order valence-corrected chi connectivity index (χ4v) is 2.65. The zero-order valence-corrected chi connectivity index (χ0v) is 13.8. The minimum atomic E-state index is -2.22. The van der Waals surface area contributed by atoms with Crippen LogP contribution in [0.2, 0.25) is 0 Å². The van der Waals surface area contributed by atoms with Crippen molar-refractivity contribution in [3.8, 4) is 0 Å². The molecule has 0 aliphatic carbocycles. The van der Waals surface area contributed by atoms with Crippen LogP contribution >= 0.6 is 0 Å². The van der Waals surface area contributed by atoms with Crippen LogP contribution in [0.15, 0.2) is 48.5 Å². The summed E-state index contributed by atoms with van der Waals surface area (Å²) in [5, 5.41) is 50.1. The van der Waals surface area contributed by atoms with Crippen LogP contribution in [-0.2, 0) is 22.4 Å². The summed E-state index contributed by atoms with van der Waals surface area (Å²) in [5.41, 5.74) is -1.93. The van der Waals surface area contributed by atoms with Crippen molar-refractivity contribution in [1.82, 2.24) is 0 Å². The van der Waals surface area contributed by atoms with E-state index in [-0.39, 0.29) is 11.4 Å². The lowest BCUT2D eigenvalue weighted by atomic mass is 9.76. The maximum Gasteiger partial charge on any atom is 0.321 e. The van der Waals surface area contributed by atoms with E-state index in [1.807, 2.05) is 0 Å². The first-order chi connectivity index (χ1) is 12.7. The predicted octanol–water partition coefficient (Wildman–Crippen LogP) is 1.05. The Hall–Kier alpha value is -3.34. The van der Waals surface area contributed by atoms with Gasteiger partial charge in [0.2, 0.25) is 0 Å². The lowest BCUT2D eigenvalue weighted by Crippen LogP contribution is -2.96. The molecule has 27 heavy (non-hydrogen) atoms. The summed E-state index contributed by atoms with van der Waals surface area (Å²) in [6, 6.07) is 9.98. The second-order valence-electron chi connectivity index (χ2n) is 5.95. The number of benzene rings is 2. The lowest BCUT2D eigenvalue weighted by molar-refractivity contribution is -0.715. The Balaban J connectivity index is 2.35. The second kappa shape index (κ2) is 7.91. The van der Waals surface area contributed by atoms with E-state index in [0.29, 0.717) is 11.1 Å². The number of nitrogens with zero attached hydrogens (tertiary/aromatic N) is 1. The Morgan fingerprint density at radius 2 is 1.30 bits per heavy atom. The van der Waals surface area contributed by atoms with Gasteiger partial charge in [0.25, 0.3) is 5.69 Å². The van der Waals surface area contributed by atoms with E-state index in [2.05, 4.69) is 0 Å². The lowest BCUT2D eigenvalue weighted by Gasteiger charge is -2.27. The highest BCUT2D eigenvalue weighted by atomic mass is 16.8. The molecular weight excluding hydrogens is 360 g/mol. The van der Waals surface area contributed by atoms with E-state index in [1.54, 1.807) is 0 Å². The summed E-state index contributed by atoms with van der Waals surface area (Å²) < 4.78 is 0. The molecule has 0 atom stereocenters. The van der Waals surface area contributed by atoms with Crippen LogP contribution in [0.25, 0.3) is 0 Å². The number of quaternary nitrogens is 1. The molecule has 10 heteroatoms. The summed E-state index contributed by atoms with van der Waals surface area (Å²) >= 11 is 0. The molecule has 0 aliphatic rings. The van der Waals surface area contributed by atoms with Crippen LogP contribution in [-0.4, -0.2) is 27.1 Å². The maximum atomic E-state index is 11.8. The zero-order chi connectivity index (χ0) is 20.2. The molecule has 0 unspecified atom stereocenters. The standard InChI is InChI=1S/C17H15N2O8/c20-15(21)17(16(22)23,9-11-1-5-13(6-2-11)18(24)25)10-12-3-7-14(8-4-12)19(26)27/h1-8,18H,9-10H2,(H,20,21)(H,22,23)/q-1. The molecule has 2 aromatic rings. The van der Waals surface area contributed by atoms with E-state index in [9.17, 15) is 40.3 Å². The fourth-order valence-electron chi connectivity index (χ4n) is 2.65. The van der Waals surface area contributed by atoms with Gasteiger partial charge >= 0.3 is 11.9 Å². The Morgan fingerprint density at radius 3 is 1.63 bits per heavy atom. The first kappa shape index (κ1) is 20.0. The zero-order valence-electron chi connectivity index (χ0n) is 13.8. The molecule has 0 heterocycles. The smallest absolute Gasteiger partial charge is 0.321 e. The average molecular weight is 375 g/mol. The molecule has 0 amide bonds. The number of hydrogen-bond acceptors (Lipinski definition) is 6. The number of carboxylic acids is 2. The molecular formula is C17H15N2O8-. The molecule has 2 aromatic carbocycles. The highest BCUT2D eigenvalue weighted by Crippen LogP contribution is 2.30. The van der Waals surface area contributed by atoms with Gasteiger partial charge in [-0.3, -0.25) is 19.7 Å². The van der Waals surface area contributed by atoms with Crippen molar-refractivity contribution in [2.75, 3.05) is 0 Å². The number of non-ortho nitro benzene ring substituents is 1. The van der Waals surface area contributed by atoms with E-state index in [1.165, 1.54) is 48.5 Å².